The summed E-state index contributed by atoms with van der Waals surface area (Å²) in [6, 6.07) is 7.19. The highest BCUT2D eigenvalue weighted by atomic mass is 35.5. The van der Waals surface area contributed by atoms with E-state index < -0.39 is 14.6 Å². The number of ether oxygens (including phenoxy) is 1. The van der Waals surface area contributed by atoms with E-state index >= 15 is 0 Å². The van der Waals surface area contributed by atoms with Crippen molar-refractivity contribution in [1.82, 2.24) is 10.2 Å². The molecule has 0 radical (unpaired) electrons. The Labute approximate surface area is 155 Å². The monoisotopic (exact) mass is 387 g/mol. The van der Waals surface area contributed by atoms with E-state index in [1.54, 1.807) is 26.0 Å². The zero-order valence-corrected chi connectivity index (χ0v) is 16.5. The number of rotatable bonds is 5. The molecule has 1 aromatic carbocycles. The van der Waals surface area contributed by atoms with E-state index in [2.05, 4.69) is 10.3 Å². The van der Waals surface area contributed by atoms with E-state index in [9.17, 15) is 8.42 Å². The van der Waals surface area contributed by atoms with Gasteiger partial charge in [0.15, 0.2) is 15.8 Å². The molecular formula is C17H26ClN3O3S. The standard InChI is InChI=1S/C17H26ClN3O3S/c1-4-19-16(21-10-12-25(22,23)17(2,3)13-21)20-9-11-24-15-7-5-14(18)6-8-15/h5-8H,4,9-13H2,1-3H3,(H,19,20). The third kappa shape index (κ3) is 5.25. The molecule has 0 aromatic heterocycles. The second-order valence-electron chi connectivity index (χ2n) is 6.54. The van der Waals surface area contributed by atoms with Crippen LogP contribution >= 0.6 is 11.6 Å². The van der Waals surface area contributed by atoms with Crippen LogP contribution in [0.3, 0.4) is 0 Å². The molecule has 1 saturated heterocycles. The first-order valence-electron chi connectivity index (χ1n) is 8.39. The minimum Gasteiger partial charge on any atom is -0.492 e. The zero-order valence-electron chi connectivity index (χ0n) is 15.0. The van der Waals surface area contributed by atoms with Crippen LogP contribution in [0, 0.1) is 0 Å². The average Bonchev–Trinajstić information content (AvgIpc) is 2.55. The summed E-state index contributed by atoms with van der Waals surface area (Å²) in [6.07, 6.45) is 0. The number of aliphatic imine (C=N–C) groups is 1. The Hall–Kier alpha value is -1.47. The fourth-order valence-corrected chi connectivity index (χ4v) is 4.09. The van der Waals surface area contributed by atoms with Crippen molar-refractivity contribution in [2.45, 2.75) is 25.5 Å². The minimum absolute atomic E-state index is 0.145. The molecule has 140 valence electrons. The van der Waals surface area contributed by atoms with Crippen LogP contribution < -0.4 is 10.1 Å². The fourth-order valence-electron chi connectivity index (χ4n) is 2.60. The maximum absolute atomic E-state index is 12.2. The molecule has 0 spiro atoms. The third-order valence-corrected chi connectivity index (χ3v) is 6.90. The van der Waals surface area contributed by atoms with Crippen molar-refractivity contribution in [3.63, 3.8) is 0 Å². The minimum atomic E-state index is -3.07. The van der Waals surface area contributed by atoms with Gasteiger partial charge in [0, 0.05) is 24.7 Å². The Morgan fingerprint density at radius 1 is 1.36 bits per heavy atom. The number of benzene rings is 1. The van der Waals surface area contributed by atoms with Gasteiger partial charge in [0.25, 0.3) is 0 Å². The van der Waals surface area contributed by atoms with Crippen molar-refractivity contribution in [3.8, 4) is 5.75 Å². The maximum atomic E-state index is 12.2. The number of nitrogens with zero attached hydrogens (tertiary/aromatic N) is 2. The molecule has 1 aliphatic heterocycles. The van der Waals surface area contributed by atoms with Gasteiger partial charge < -0.3 is 15.0 Å². The normalized spacial score (nSPS) is 19.5. The second-order valence-corrected chi connectivity index (χ2v) is 9.72. The predicted molar refractivity (Wildman–Crippen MR) is 102 cm³/mol. The Balaban J connectivity index is 1.95. The molecule has 0 amide bonds. The van der Waals surface area contributed by atoms with Crippen LogP contribution in [0.4, 0.5) is 0 Å². The zero-order chi connectivity index (χ0) is 18.5. The van der Waals surface area contributed by atoms with Crippen molar-refractivity contribution in [3.05, 3.63) is 29.3 Å². The molecule has 0 aliphatic carbocycles. The van der Waals surface area contributed by atoms with E-state index in [1.165, 1.54) is 0 Å². The highest BCUT2D eigenvalue weighted by molar-refractivity contribution is 7.92. The van der Waals surface area contributed by atoms with E-state index in [0.29, 0.717) is 31.3 Å². The molecule has 1 aromatic rings. The summed E-state index contributed by atoms with van der Waals surface area (Å²) in [7, 11) is -3.07. The molecular weight excluding hydrogens is 362 g/mol. The van der Waals surface area contributed by atoms with Crippen LogP contribution in [0.15, 0.2) is 29.3 Å². The Morgan fingerprint density at radius 2 is 2.04 bits per heavy atom. The van der Waals surface area contributed by atoms with Crippen LogP contribution in [0.5, 0.6) is 5.75 Å². The Morgan fingerprint density at radius 3 is 2.64 bits per heavy atom. The van der Waals surface area contributed by atoms with E-state index in [4.69, 9.17) is 16.3 Å². The maximum Gasteiger partial charge on any atom is 0.194 e. The number of guanidine groups is 1. The first-order chi connectivity index (χ1) is 11.7. The highest BCUT2D eigenvalue weighted by Crippen LogP contribution is 2.23. The van der Waals surface area contributed by atoms with Gasteiger partial charge >= 0.3 is 0 Å². The van der Waals surface area contributed by atoms with Crippen molar-refractivity contribution in [2.75, 3.05) is 38.5 Å². The smallest absolute Gasteiger partial charge is 0.194 e. The number of hydrogen-bond donors (Lipinski definition) is 1. The van der Waals surface area contributed by atoms with Gasteiger partial charge in [-0.25, -0.2) is 13.4 Å². The average molecular weight is 388 g/mol. The summed E-state index contributed by atoms with van der Waals surface area (Å²) >= 11 is 5.84. The molecule has 1 heterocycles. The van der Waals surface area contributed by atoms with Crippen LogP contribution in [-0.4, -0.2) is 62.6 Å². The molecule has 8 heteroatoms. The molecule has 0 unspecified atom stereocenters. The van der Waals surface area contributed by atoms with Gasteiger partial charge in [-0.3, -0.25) is 0 Å². The van der Waals surface area contributed by atoms with E-state index in [-0.39, 0.29) is 5.75 Å². The van der Waals surface area contributed by atoms with Gasteiger partial charge in [-0.05, 0) is 45.0 Å². The number of sulfone groups is 1. The summed E-state index contributed by atoms with van der Waals surface area (Å²) in [5.41, 5.74) is 0. The lowest BCUT2D eigenvalue weighted by Gasteiger charge is -2.39. The largest absolute Gasteiger partial charge is 0.492 e. The molecule has 0 bridgehead atoms. The SMILES string of the molecule is CCNC(=NCCOc1ccc(Cl)cc1)N1CCS(=O)(=O)C(C)(C)C1. The topological polar surface area (TPSA) is 71.0 Å². The van der Waals surface area contributed by atoms with E-state index in [1.807, 2.05) is 24.0 Å². The van der Waals surface area contributed by atoms with Crippen LogP contribution in [-0.2, 0) is 9.84 Å². The predicted octanol–water partition coefficient (Wildman–Crippen LogP) is 2.19. The van der Waals surface area contributed by atoms with Crippen molar-refractivity contribution >= 4 is 27.4 Å². The quantitative estimate of drug-likeness (QED) is 0.476. The number of nitrogens with one attached hydrogen (secondary N) is 1. The number of hydrogen-bond acceptors (Lipinski definition) is 4. The van der Waals surface area contributed by atoms with Gasteiger partial charge in [0.2, 0.25) is 0 Å². The van der Waals surface area contributed by atoms with Gasteiger partial charge in [-0.2, -0.15) is 0 Å². The molecule has 6 nitrogen and oxygen atoms in total. The Kier molecular flexibility index (Phi) is 6.57. The highest BCUT2D eigenvalue weighted by Gasteiger charge is 2.40. The lowest BCUT2D eigenvalue weighted by Crippen LogP contribution is -2.57. The summed E-state index contributed by atoms with van der Waals surface area (Å²) in [5.74, 6) is 1.62. The Bertz CT molecular complexity index is 702. The van der Waals surface area contributed by atoms with Gasteiger partial charge in [-0.1, -0.05) is 11.6 Å². The molecule has 2 rings (SSSR count). The van der Waals surface area contributed by atoms with Crippen LogP contribution in [0.2, 0.25) is 5.02 Å². The molecule has 0 atom stereocenters. The van der Waals surface area contributed by atoms with Crippen LogP contribution in [0.1, 0.15) is 20.8 Å². The lowest BCUT2D eigenvalue weighted by atomic mass is 10.2. The van der Waals surface area contributed by atoms with E-state index in [0.717, 1.165) is 18.3 Å². The van der Waals surface area contributed by atoms with Crippen molar-refractivity contribution in [2.24, 2.45) is 4.99 Å². The number of halogens is 1. The lowest BCUT2D eigenvalue weighted by molar-refractivity contribution is 0.323. The third-order valence-electron chi connectivity index (χ3n) is 4.11. The summed E-state index contributed by atoms with van der Waals surface area (Å²) < 4.78 is 29.2. The molecule has 1 aliphatic rings. The molecule has 1 fully saturated rings. The first kappa shape index (κ1) is 19.8. The molecule has 0 saturated carbocycles. The fraction of sp³-hybridized carbons (Fsp3) is 0.588. The first-order valence-corrected chi connectivity index (χ1v) is 10.4. The van der Waals surface area contributed by atoms with Crippen LogP contribution in [0.25, 0.3) is 0 Å². The molecule has 1 N–H and O–H groups in total. The summed E-state index contributed by atoms with van der Waals surface area (Å²) in [6.45, 7) is 8.05. The van der Waals surface area contributed by atoms with Crippen molar-refractivity contribution in [1.29, 1.82) is 0 Å². The summed E-state index contributed by atoms with van der Waals surface area (Å²) in [5, 5.41) is 3.90. The van der Waals surface area contributed by atoms with Gasteiger partial charge in [0.05, 0.1) is 17.0 Å². The van der Waals surface area contributed by atoms with Gasteiger partial charge in [0.1, 0.15) is 12.4 Å². The second kappa shape index (κ2) is 8.27. The summed E-state index contributed by atoms with van der Waals surface area (Å²) in [4.78, 5) is 6.58. The van der Waals surface area contributed by atoms with Crippen molar-refractivity contribution < 1.29 is 13.2 Å². The molecule has 25 heavy (non-hydrogen) atoms. The van der Waals surface area contributed by atoms with Gasteiger partial charge in [-0.15, -0.1) is 0 Å².